The fourth-order valence-electron chi connectivity index (χ4n) is 1.89. The van der Waals surface area contributed by atoms with Gasteiger partial charge >= 0.3 is 0 Å². The molecule has 1 aromatic heterocycles. The zero-order chi connectivity index (χ0) is 14.2. The van der Waals surface area contributed by atoms with Crippen LogP contribution in [0.1, 0.15) is 37.3 Å². The highest BCUT2D eigenvalue weighted by atomic mass is 35.5. The van der Waals surface area contributed by atoms with Crippen LogP contribution in [0.5, 0.6) is 0 Å². The lowest BCUT2D eigenvalue weighted by atomic mass is 10.1. The van der Waals surface area contributed by atoms with E-state index in [0.29, 0.717) is 26.3 Å². The van der Waals surface area contributed by atoms with E-state index in [1.807, 2.05) is 13.8 Å². The molecule has 1 heterocycles. The molecule has 1 aromatic carbocycles. The Balaban J connectivity index is 2.49. The number of hydrogen-bond donors (Lipinski definition) is 1. The number of halogens is 3. The average Bonchev–Trinajstić information content (AvgIpc) is 2.70. The normalized spacial score (nSPS) is 13.0. The van der Waals surface area contributed by atoms with Crippen LogP contribution in [0.25, 0.3) is 0 Å². The third-order valence-electron chi connectivity index (χ3n) is 2.79. The molecule has 0 aliphatic heterocycles. The SMILES string of the molecule is CC(C)n1ncc(Cl)c1C(O)c1ccc(Cl)cc1Cl. The number of nitrogens with zero attached hydrogens (tertiary/aromatic N) is 2. The van der Waals surface area contributed by atoms with Gasteiger partial charge in [0.2, 0.25) is 0 Å². The second kappa shape index (κ2) is 5.71. The van der Waals surface area contributed by atoms with E-state index in [1.54, 1.807) is 22.9 Å². The smallest absolute Gasteiger partial charge is 0.124 e. The first-order valence-corrected chi connectivity index (χ1v) is 6.91. The van der Waals surface area contributed by atoms with Gasteiger partial charge in [-0.3, -0.25) is 4.68 Å². The van der Waals surface area contributed by atoms with Crippen molar-refractivity contribution in [2.45, 2.75) is 26.0 Å². The van der Waals surface area contributed by atoms with Gasteiger partial charge in [0.25, 0.3) is 0 Å². The van der Waals surface area contributed by atoms with Gasteiger partial charge in [-0.25, -0.2) is 0 Å². The molecule has 2 rings (SSSR count). The van der Waals surface area contributed by atoms with E-state index >= 15 is 0 Å². The van der Waals surface area contributed by atoms with Crippen molar-refractivity contribution in [3.63, 3.8) is 0 Å². The number of aliphatic hydroxyl groups excluding tert-OH is 1. The minimum atomic E-state index is -0.942. The molecule has 0 saturated carbocycles. The van der Waals surface area contributed by atoms with Crippen molar-refractivity contribution < 1.29 is 5.11 Å². The molecule has 102 valence electrons. The van der Waals surface area contributed by atoms with E-state index in [9.17, 15) is 5.11 Å². The van der Waals surface area contributed by atoms with E-state index in [2.05, 4.69) is 5.10 Å². The molecule has 3 nitrogen and oxygen atoms in total. The van der Waals surface area contributed by atoms with Gasteiger partial charge in [0.05, 0.1) is 16.9 Å². The maximum absolute atomic E-state index is 10.5. The summed E-state index contributed by atoms with van der Waals surface area (Å²) in [6.07, 6.45) is 0.575. The summed E-state index contributed by atoms with van der Waals surface area (Å²) in [5.41, 5.74) is 1.08. The van der Waals surface area contributed by atoms with E-state index in [-0.39, 0.29) is 6.04 Å². The van der Waals surface area contributed by atoms with Crippen LogP contribution in [0.4, 0.5) is 0 Å². The van der Waals surface area contributed by atoms with Crippen molar-refractivity contribution in [3.8, 4) is 0 Å². The monoisotopic (exact) mass is 318 g/mol. The summed E-state index contributed by atoms with van der Waals surface area (Å²) < 4.78 is 1.68. The maximum Gasteiger partial charge on any atom is 0.124 e. The highest BCUT2D eigenvalue weighted by Crippen LogP contribution is 2.34. The average molecular weight is 320 g/mol. The molecule has 0 bridgehead atoms. The van der Waals surface area contributed by atoms with Gasteiger partial charge in [0.15, 0.2) is 0 Å². The maximum atomic E-state index is 10.5. The van der Waals surface area contributed by atoms with Crippen LogP contribution in [0.3, 0.4) is 0 Å². The molecular weight excluding hydrogens is 307 g/mol. The Bertz CT molecular complexity index is 596. The number of rotatable bonds is 3. The molecule has 0 fully saturated rings. The van der Waals surface area contributed by atoms with Crippen molar-refractivity contribution >= 4 is 34.8 Å². The lowest BCUT2D eigenvalue weighted by Crippen LogP contribution is -2.12. The van der Waals surface area contributed by atoms with Gasteiger partial charge < -0.3 is 5.11 Å². The molecule has 0 aliphatic carbocycles. The Morgan fingerprint density at radius 2 is 1.84 bits per heavy atom. The number of aliphatic hydroxyl groups is 1. The molecule has 2 aromatic rings. The molecule has 0 saturated heterocycles. The third-order valence-corrected chi connectivity index (χ3v) is 3.65. The topological polar surface area (TPSA) is 38.0 Å². The Kier molecular flexibility index (Phi) is 4.41. The number of hydrogen-bond acceptors (Lipinski definition) is 2. The largest absolute Gasteiger partial charge is 0.382 e. The summed E-state index contributed by atoms with van der Waals surface area (Å²) >= 11 is 18.1. The second-order valence-corrected chi connectivity index (χ2v) is 5.74. The molecule has 0 aliphatic rings. The lowest BCUT2D eigenvalue weighted by Gasteiger charge is -2.18. The minimum absolute atomic E-state index is 0.0863. The van der Waals surface area contributed by atoms with E-state index in [1.165, 1.54) is 6.20 Å². The van der Waals surface area contributed by atoms with Crippen molar-refractivity contribution in [1.82, 2.24) is 9.78 Å². The van der Waals surface area contributed by atoms with E-state index < -0.39 is 6.10 Å². The van der Waals surface area contributed by atoms with Crippen molar-refractivity contribution in [1.29, 1.82) is 0 Å². The fourth-order valence-corrected chi connectivity index (χ4v) is 2.63. The minimum Gasteiger partial charge on any atom is -0.382 e. The summed E-state index contributed by atoms with van der Waals surface area (Å²) in [6, 6.07) is 5.04. The molecule has 1 atom stereocenters. The molecule has 0 radical (unpaired) electrons. The summed E-state index contributed by atoms with van der Waals surface area (Å²) in [5, 5.41) is 16.0. The van der Waals surface area contributed by atoms with Gasteiger partial charge in [-0.2, -0.15) is 5.10 Å². The van der Waals surface area contributed by atoms with E-state index in [4.69, 9.17) is 34.8 Å². The lowest BCUT2D eigenvalue weighted by molar-refractivity contribution is 0.205. The predicted octanol–water partition coefficient (Wildman–Crippen LogP) is 4.51. The van der Waals surface area contributed by atoms with Crippen LogP contribution in [0.2, 0.25) is 15.1 Å². The Morgan fingerprint density at radius 3 is 2.42 bits per heavy atom. The van der Waals surface area contributed by atoms with Crippen LogP contribution in [0, 0.1) is 0 Å². The van der Waals surface area contributed by atoms with Gasteiger partial charge in [0, 0.05) is 21.7 Å². The van der Waals surface area contributed by atoms with Crippen LogP contribution < -0.4 is 0 Å². The molecule has 1 unspecified atom stereocenters. The van der Waals surface area contributed by atoms with Crippen LogP contribution in [-0.4, -0.2) is 14.9 Å². The summed E-state index contributed by atoms with van der Waals surface area (Å²) in [4.78, 5) is 0. The number of benzene rings is 1. The van der Waals surface area contributed by atoms with E-state index in [0.717, 1.165) is 0 Å². The highest BCUT2D eigenvalue weighted by molar-refractivity contribution is 6.35. The Labute approximate surface area is 126 Å². The molecule has 0 spiro atoms. The van der Waals surface area contributed by atoms with Crippen molar-refractivity contribution in [2.75, 3.05) is 0 Å². The van der Waals surface area contributed by atoms with Crippen LogP contribution in [0.15, 0.2) is 24.4 Å². The zero-order valence-corrected chi connectivity index (χ0v) is 12.7. The molecular formula is C13H13Cl3N2O. The Hall–Kier alpha value is -0.740. The number of aromatic nitrogens is 2. The molecule has 19 heavy (non-hydrogen) atoms. The summed E-state index contributed by atoms with van der Waals surface area (Å²) in [7, 11) is 0. The van der Waals surface area contributed by atoms with Gasteiger partial charge in [-0.15, -0.1) is 0 Å². The third kappa shape index (κ3) is 2.90. The standard InChI is InChI=1S/C13H13Cl3N2O/c1-7(2)18-12(11(16)6-17-18)13(19)9-4-3-8(14)5-10(9)15/h3-7,13,19H,1-2H3. The fraction of sp³-hybridized carbons (Fsp3) is 0.308. The second-order valence-electron chi connectivity index (χ2n) is 4.48. The molecule has 0 amide bonds. The summed E-state index contributed by atoms with van der Waals surface area (Å²) in [5.74, 6) is 0. The first-order valence-electron chi connectivity index (χ1n) is 5.77. The molecule has 6 heteroatoms. The van der Waals surface area contributed by atoms with Gasteiger partial charge in [-0.05, 0) is 26.0 Å². The van der Waals surface area contributed by atoms with Gasteiger partial charge in [-0.1, -0.05) is 40.9 Å². The summed E-state index contributed by atoms with van der Waals surface area (Å²) in [6.45, 7) is 3.92. The highest BCUT2D eigenvalue weighted by Gasteiger charge is 2.23. The first-order chi connectivity index (χ1) is 8.91. The molecule has 1 N–H and O–H groups in total. The van der Waals surface area contributed by atoms with Crippen molar-refractivity contribution in [2.24, 2.45) is 0 Å². The van der Waals surface area contributed by atoms with Crippen LogP contribution in [-0.2, 0) is 0 Å². The first kappa shape index (κ1) is 14.7. The zero-order valence-electron chi connectivity index (χ0n) is 10.4. The van der Waals surface area contributed by atoms with Gasteiger partial charge in [0.1, 0.15) is 6.10 Å². The van der Waals surface area contributed by atoms with Crippen LogP contribution >= 0.6 is 34.8 Å². The Morgan fingerprint density at radius 1 is 1.16 bits per heavy atom. The van der Waals surface area contributed by atoms with Crippen molar-refractivity contribution in [3.05, 3.63) is 50.7 Å². The quantitative estimate of drug-likeness (QED) is 0.904. The predicted molar refractivity (Wildman–Crippen MR) is 78.1 cm³/mol.